The largest absolute Gasteiger partial charge is 0.373 e. The first kappa shape index (κ1) is 16.2. The first-order valence-electron chi connectivity index (χ1n) is 8.06. The molecular formula is C21H23OP. The number of methoxy groups -OCH3 is 1. The van der Waals surface area contributed by atoms with Crippen LogP contribution in [0.2, 0.25) is 0 Å². The van der Waals surface area contributed by atoms with E-state index < -0.39 is 7.92 Å². The molecular weight excluding hydrogens is 299 g/mol. The summed E-state index contributed by atoms with van der Waals surface area (Å²) in [5.74, 6) is 0. The van der Waals surface area contributed by atoms with Crippen molar-refractivity contribution in [3.63, 3.8) is 0 Å². The van der Waals surface area contributed by atoms with Gasteiger partial charge in [-0.05, 0) is 25.0 Å². The lowest BCUT2D eigenvalue weighted by molar-refractivity contribution is 0.0346. The Morgan fingerprint density at radius 1 is 0.913 bits per heavy atom. The summed E-state index contributed by atoms with van der Waals surface area (Å²) in [7, 11) is 1.34. The van der Waals surface area contributed by atoms with E-state index >= 15 is 0 Å². The third-order valence-corrected chi connectivity index (χ3v) is 7.53. The maximum atomic E-state index is 6.04. The number of benzene rings is 2. The molecule has 0 heterocycles. The third kappa shape index (κ3) is 3.32. The Kier molecular flexibility index (Phi) is 5.10. The van der Waals surface area contributed by atoms with Crippen molar-refractivity contribution in [2.24, 2.45) is 0 Å². The highest BCUT2D eigenvalue weighted by Gasteiger charge is 2.39. The second kappa shape index (κ2) is 7.25. The Labute approximate surface area is 140 Å². The molecule has 0 radical (unpaired) electrons. The van der Waals surface area contributed by atoms with E-state index in [1.807, 2.05) is 7.11 Å². The summed E-state index contributed by atoms with van der Waals surface area (Å²) in [5, 5.41) is 2.81. The molecule has 0 fully saturated rings. The molecule has 0 spiro atoms. The second-order valence-corrected chi connectivity index (χ2v) is 8.41. The third-order valence-electron chi connectivity index (χ3n) is 4.61. The van der Waals surface area contributed by atoms with Crippen LogP contribution in [0, 0.1) is 0 Å². The molecule has 0 amide bonds. The van der Waals surface area contributed by atoms with Crippen molar-refractivity contribution in [3.05, 3.63) is 85.0 Å². The number of allylic oxidation sites excluding steroid dienone is 2. The van der Waals surface area contributed by atoms with Gasteiger partial charge in [-0.25, -0.2) is 0 Å². The summed E-state index contributed by atoms with van der Waals surface area (Å²) in [6.45, 7) is 2.33. The first-order valence-corrected chi connectivity index (χ1v) is 9.47. The lowest BCUT2D eigenvalue weighted by Gasteiger charge is -2.40. The summed E-state index contributed by atoms with van der Waals surface area (Å²) in [6, 6.07) is 21.7. The van der Waals surface area contributed by atoms with E-state index in [1.165, 1.54) is 10.6 Å². The van der Waals surface area contributed by atoms with Crippen molar-refractivity contribution in [1.82, 2.24) is 0 Å². The van der Waals surface area contributed by atoms with Gasteiger partial charge in [0.05, 0.1) is 5.60 Å². The van der Waals surface area contributed by atoms with Crippen molar-refractivity contribution in [1.29, 1.82) is 0 Å². The minimum atomic E-state index is -0.499. The molecule has 2 aromatic rings. The molecule has 0 N–H and O–H groups in total. The van der Waals surface area contributed by atoms with Crippen molar-refractivity contribution in [2.45, 2.75) is 24.6 Å². The standard InChI is InChI=1S/C21H23OP/c1-18(21(22-2)16-10-5-11-17-21)23(19-12-6-3-7-13-19)20-14-8-4-9-15-20/h3-16,18H,17H2,1-2H3. The van der Waals surface area contributed by atoms with Gasteiger partial charge in [0.25, 0.3) is 0 Å². The van der Waals surface area contributed by atoms with E-state index in [1.54, 1.807) is 0 Å². The monoisotopic (exact) mass is 322 g/mol. The molecule has 0 saturated heterocycles. The summed E-state index contributed by atoms with van der Waals surface area (Å²) in [4.78, 5) is 0. The second-order valence-electron chi connectivity index (χ2n) is 5.87. The van der Waals surface area contributed by atoms with Gasteiger partial charge >= 0.3 is 0 Å². The fourth-order valence-electron chi connectivity index (χ4n) is 3.24. The molecule has 0 aromatic heterocycles. The average molecular weight is 322 g/mol. The molecule has 1 aliphatic carbocycles. The van der Waals surface area contributed by atoms with Crippen molar-refractivity contribution < 1.29 is 4.74 Å². The number of hydrogen-bond donors (Lipinski definition) is 0. The Hall–Kier alpha value is -1.69. The Balaban J connectivity index is 2.05. The minimum Gasteiger partial charge on any atom is -0.373 e. The zero-order chi connectivity index (χ0) is 16.1. The van der Waals surface area contributed by atoms with Crippen molar-refractivity contribution >= 4 is 18.5 Å². The number of ether oxygens (including phenoxy) is 1. The van der Waals surface area contributed by atoms with Gasteiger partial charge in [-0.15, -0.1) is 0 Å². The minimum absolute atomic E-state index is 0.230. The molecule has 118 valence electrons. The molecule has 1 aliphatic rings. The van der Waals surface area contributed by atoms with E-state index in [4.69, 9.17) is 4.74 Å². The quantitative estimate of drug-likeness (QED) is 0.741. The Bertz CT molecular complexity index is 638. The predicted molar refractivity (Wildman–Crippen MR) is 101 cm³/mol. The van der Waals surface area contributed by atoms with Gasteiger partial charge in [-0.1, -0.05) is 91.9 Å². The molecule has 2 heteroatoms. The van der Waals surface area contributed by atoms with Gasteiger partial charge in [-0.3, -0.25) is 0 Å². The summed E-state index contributed by atoms with van der Waals surface area (Å²) in [6.07, 6.45) is 9.60. The number of rotatable bonds is 5. The first-order chi connectivity index (χ1) is 11.3. The maximum Gasteiger partial charge on any atom is 0.0966 e. The summed E-state index contributed by atoms with van der Waals surface area (Å²) < 4.78 is 6.04. The number of hydrogen-bond acceptors (Lipinski definition) is 1. The molecule has 2 atom stereocenters. The molecule has 3 rings (SSSR count). The van der Waals surface area contributed by atoms with Gasteiger partial charge < -0.3 is 4.74 Å². The zero-order valence-electron chi connectivity index (χ0n) is 13.7. The van der Waals surface area contributed by atoms with E-state index in [0.29, 0.717) is 5.66 Å². The van der Waals surface area contributed by atoms with Gasteiger partial charge in [0.2, 0.25) is 0 Å². The van der Waals surface area contributed by atoms with Crippen LogP contribution < -0.4 is 10.6 Å². The SMILES string of the molecule is COC1(C(C)P(c2ccccc2)c2ccccc2)C=CC=CC1. The molecule has 0 saturated carbocycles. The van der Waals surface area contributed by atoms with Crippen LogP contribution in [0.15, 0.2) is 85.0 Å². The summed E-state index contributed by atoms with van der Waals surface area (Å²) >= 11 is 0. The highest BCUT2D eigenvalue weighted by atomic mass is 31.1. The van der Waals surface area contributed by atoms with E-state index in [-0.39, 0.29) is 5.60 Å². The lowest BCUT2D eigenvalue weighted by Crippen LogP contribution is -2.43. The highest BCUT2D eigenvalue weighted by molar-refractivity contribution is 7.73. The van der Waals surface area contributed by atoms with Crippen LogP contribution in [-0.2, 0) is 4.74 Å². The topological polar surface area (TPSA) is 9.23 Å². The van der Waals surface area contributed by atoms with E-state index in [9.17, 15) is 0 Å². The average Bonchev–Trinajstić information content (AvgIpc) is 2.64. The van der Waals surface area contributed by atoms with E-state index in [2.05, 4.69) is 91.9 Å². The molecule has 0 aliphatic heterocycles. The molecule has 0 bridgehead atoms. The zero-order valence-corrected chi connectivity index (χ0v) is 14.6. The van der Waals surface area contributed by atoms with Crippen LogP contribution in [0.5, 0.6) is 0 Å². The van der Waals surface area contributed by atoms with Crippen molar-refractivity contribution in [2.75, 3.05) is 7.11 Å². The van der Waals surface area contributed by atoms with Crippen LogP contribution in [-0.4, -0.2) is 18.4 Å². The highest BCUT2D eigenvalue weighted by Crippen LogP contribution is 2.47. The predicted octanol–water partition coefficient (Wildman–Crippen LogP) is 4.41. The molecule has 2 unspecified atom stereocenters. The van der Waals surface area contributed by atoms with Crippen LogP contribution >= 0.6 is 7.92 Å². The molecule has 1 nitrogen and oxygen atoms in total. The van der Waals surface area contributed by atoms with Crippen LogP contribution in [0.25, 0.3) is 0 Å². The van der Waals surface area contributed by atoms with Gasteiger partial charge in [0, 0.05) is 12.8 Å². The van der Waals surface area contributed by atoms with Gasteiger partial charge in [0.1, 0.15) is 0 Å². The van der Waals surface area contributed by atoms with Gasteiger partial charge in [-0.2, -0.15) is 0 Å². The smallest absolute Gasteiger partial charge is 0.0966 e. The Morgan fingerprint density at radius 2 is 1.48 bits per heavy atom. The fourth-order valence-corrected chi connectivity index (χ4v) is 6.15. The Morgan fingerprint density at radius 3 is 1.91 bits per heavy atom. The molecule has 2 aromatic carbocycles. The molecule has 23 heavy (non-hydrogen) atoms. The lowest BCUT2D eigenvalue weighted by atomic mass is 9.92. The summed E-state index contributed by atoms with van der Waals surface area (Å²) in [5.41, 5.74) is 0.153. The normalized spacial score (nSPS) is 21.5. The van der Waals surface area contributed by atoms with Crippen LogP contribution in [0.3, 0.4) is 0 Å². The van der Waals surface area contributed by atoms with Crippen molar-refractivity contribution in [3.8, 4) is 0 Å². The van der Waals surface area contributed by atoms with Crippen LogP contribution in [0.1, 0.15) is 13.3 Å². The van der Waals surface area contributed by atoms with Crippen LogP contribution in [0.4, 0.5) is 0 Å². The van der Waals surface area contributed by atoms with Gasteiger partial charge in [0.15, 0.2) is 0 Å². The fraction of sp³-hybridized carbons (Fsp3) is 0.238. The maximum absolute atomic E-state index is 6.04. The van der Waals surface area contributed by atoms with E-state index in [0.717, 1.165) is 6.42 Å².